The van der Waals surface area contributed by atoms with E-state index >= 15 is 0 Å². The zero-order valence-electron chi connectivity index (χ0n) is 9.50. The van der Waals surface area contributed by atoms with Gasteiger partial charge in [-0.2, -0.15) is 0 Å². The highest BCUT2D eigenvalue weighted by molar-refractivity contribution is 9.10. The second kappa shape index (κ2) is 5.67. The first kappa shape index (κ1) is 12.6. The third-order valence-electron chi connectivity index (χ3n) is 2.59. The molecule has 2 aromatic rings. The van der Waals surface area contributed by atoms with Crippen LogP contribution in [0.1, 0.15) is 5.56 Å². The van der Waals surface area contributed by atoms with Crippen LogP contribution in [0.3, 0.4) is 0 Å². The van der Waals surface area contributed by atoms with E-state index in [9.17, 15) is 0 Å². The predicted molar refractivity (Wildman–Crippen MR) is 77.4 cm³/mol. The maximum Gasteiger partial charge on any atom is 0.0412 e. The van der Waals surface area contributed by atoms with Crippen molar-refractivity contribution in [3.05, 3.63) is 57.5 Å². The molecule has 17 heavy (non-hydrogen) atoms. The number of halogens is 2. The summed E-state index contributed by atoms with van der Waals surface area (Å²) in [5, 5.41) is 3.94. The molecule has 0 fully saturated rings. The molecule has 1 nitrogen and oxygen atoms in total. The Hall–Kier alpha value is -0.830. The third-order valence-corrected chi connectivity index (χ3v) is 3.36. The monoisotopic (exact) mass is 309 g/mol. The molecule has 0 aromatic heterocycles. The van der Waals surface area contributed by atoms with Crippen LogP contribution in [0.5, 0.6) is 0 Å². The summed E-state index contributed by atoms with van der Waals surface area (Å²) in [5.41, 5.74) is 3.61. The summed E-state index contributed by atoms with van der Waals surface area (Å²) in [4.78, 5) is 0. The minimum Gasteiger partial charge on any atom is -0.316 e. The highest BCUT2D eigenvalue weighted by Gasteiger charge is 2.05. The number of benzene rings is 2. The number of rotatable bonds is 3. The van der Waals surface area contributed by atoms with Gasteiger partial charge in [-0.15, -0.1) is 0 Å². The minimum atomic E-state index is 0.766. The van der Waals surface area contributed by atoms with Gasteiger partial charge in [-0.3, -0.25) is 0 Å². The van der Waals surface area contributed by atoms with Crippen molar-refractivity contribution in [2.75, 3.05) is 7.05 Å². The molecule has 2 rings (SSSR count). The molecular formula is C14H13BrClN. The van der Waals surface area contributed by atoms with Crippen LogP contribution in [0.25, 0.3) is 11.1 Å². The maximum absolute atomic E-state index is 6.07. The van der Waals surface area contributed by atoms with Crippen molar-refractivity contribution in [2.45, 2.75) is 6.54 Å². The topological polar surface area (TPSA) is 12.0 Å². The lowest BCUT2D eigenvalue weighted by Gasteiger charge is -2.10. The second-order valence-electron chi connectivity index (χ2n) is 3.84. The number of hydrogen-bond donors (Lipinski definition) is 1. The van der Waals surface area contributed by atoms with E-state index in [2.05, 4.69) is 39.4 Å². The first-order chi connectivity index (χ1) is 8.20. The van der Waals surface area contributed by atoms with Crippen LogP contribution in [0.15, 0.2) is 46.9 Å². The Labute approximate surface area is 115 Å². The Morgan fingerprint density at radius 3 is 2.47 bits per heavy atom. The normalized spacial score (nSPS) is 10.5. The third kappa shape index (κ3) is 3.09. The molecule has 0 aliphatic heterocycles. The summed E-state index contributed by atoms with van der Waals surface area (Å²) in [6.07, 6.45) is 0. The standard InChI is InChI=1S/C14H13BrClN/c1-17-9-11-4-7-13(16)8-14(11)10-2-5-12(15)6-3-10/h2-8,17H,9H2,1H3. The summed E-state index contributed by atoms with van der Waals surface area (Å²) in [6, 6.07) is 14.3. The average molecular weight is 311 g/mol. The summed E-state index contributed by atoms with van der Waals surface area (Å²) in [7, 11) is 1.94. The first-order valence-electron chi connectivity index (χ1n) is 5.39. The van der Waals surface area contributed by atoms with Crippen LogP contribution >= 0.6 is 27.5 Å². The van der Waals surface area contributed by atoms with Crippen molar-refractivity contribution in [1.29, 1.82) is 0 Å². The van der Waals surface area contributed by atoms with E-state index in [0.717, 1.165) is 16.0 Å². The number of hydrogen-bond acceptors (Lipinski definition) is 1. The molecule has 0 saturated heterocycles. The van der Waals surface area contributed by atoms with Crippen molar-refractivity contribution in [3.63, 3.8) is 0 Å². The molecule has 0 radical (unpaired) electrons. The lowest BCUT2D eigenvalue weighted by Crippen LogP contribution is -2.06. The van der Waals surface area contributed by atoms with Crippen molar-refractivity contribution < 1.29 is 0 Å². The van der Waals surface area contributed by atoms with Crippen LogP contribution in [-0.4, -0.2) is 7.05 Å². The van der Waals surface area contributed by atoms with E-state index in [1.54, 1.807) is 0 Å². The Morgan fingerprint density at radius 1 is 1.12 bits per heavy atom. The quantitative estimate of drug-likeness (QED) is 0.881. The van der Waals surface area contributed by atoms with Gasteiger partial charge in [0.15, 0.2) is 0 Å². The van der Waals surface area contributed by atoms with Gasteiger partial charge in [-0.05, 0) is 48.0 Å². The molecule has 0 unspecified atom stereocenters. The van der Waals surface area contributed by atoms with Gasteiger partial charge in [0.05, 0.1) is 0 Å². The van der Waals surface area contributed by atoms with Crippen molar-refractivity contribution >= 4 is 27.5 Å². The van der Waals surface area contributed by atoms with Crippen LogP contribution in [0, 0.1) is 0 Å². The van der Waals surface area contributed by atoms with E-state index in [-0.39, 0.29) is 0 Å². The van der Waals surface area contributed by atoms with Crippen LogP contribution < -0.4 is 5.32 Å². The van der Waals surface area contributed by atoms with Gasteiger partial charge in [0.2, 0.25) is 0 Å². The van der Waals surface area contributed by atoms with Crippen molar-refractivity contribution in [2.24, 2.45) is 0 Å². The van der Waals surface area contributed by atoms with E-state index in [4.69, 9.17) is 11.6 Å². The first-order valence-corrected chi connectivity index (χ1v) is 6.57. The Bertz CT molecular complexity index is 508. The van der Waals surface area contributed by atoms with Crippen LogP contribution in [0.4, 0.5) is 0 Å². The van der Waals surface area contributed by atoms with Gasteiger partial charge in [0.1, 0.15) is 0 Å². The molecule has 0 atom stereocenters. The molecule has 0 aliphatic rings. The number of nitrogens with one attached hydrogen (secondary N) is 1. The molecule has 0 aliphatic carbocycles. The predicted octanol–water partition coefficient (Wildman–Crippen LogP) is 4.49. The molecule has 0 spiro atoms. The van der Waals surface area contributed by atoms with Gasteiger partial charge >= 0.3 is 0 Å². The van der Waals surface area contributed by atoms with Gasteiger partial charge in [0.25, 0.3) is 0 Å². The fourth-order valence-corrected chi connectivity index (χ4v) is 2.23. The van der Waals surface area contributed by atoms with Gasteiger partial charge < -0.3 is 5.32 Å². The highest BCUT2D eigenvalue weighted by Crippen LogP contribution is 2.28. The fraction of sp³-hybridized carbons (Fsp3) is 0.143. The summed E-state index contributed by atoms with van der Waals surface area (Å²) < 4.78 is 1.08. The molecule has 0 heterocycles. The Kier molecular flexibility index (Phi) is 4.21. The summed E-state index contributed by atoms with van der Waals surface area (Å²) in [5.74, 6) is 0. The summed E-state index contributed by atoms with van der Waals surface area (Å²) >= 11 is 9.51. The van der Waals surface area contributed by atoms with Gasteiger partial charge in [-0.1, -0.05) is 45.7 Å². The largest absolute Gasteiger partial charge is 0.316 e. The van der Waals surface area contributed by atoms with Crippen molar-refractivity contribution in [3.8, 4) is 11.1 Å². The molecule has 0 bridgehead atoms. The van der Waals surface area contributed by atoms with E-state index in [1.807, 2.05) is 31.3 Å². The Balaban J connectivity index is 2.48. The maximum atomic E-state index is 6.07. The van der Waals surface area contributed by atoms with Crippen LogP contribution in [0.2, 0.25) is 5.02 Å². The van der Waals surface area contributed by atoms with Gasteiger partial charge in [-0.25, -0.2) is 0 Å². The molecule has 0 saturated carbocycles. The Morgan fingerprint density at radius 2 is 1.82 bits per heavy atom. The zero-order valence-corrected chi connectivity index (χ0v) is 11.8. The smallest absolute Gasteiger partial charge is 0.0412 e. The SMILES string of the molecule is CNCc1ccc(Cl)cc1-c1ccc(Br)cc1. The molecular weight excluding hydrogens is 298 g/mol. The lowest BCUT2D eigenvalue weighted by atomic mass is 10.00. The lowest BCUT2D eigenvalue weighted by molar-refractivity contribution is 0.819. The highest BCUT2D eigenvalue weighted by atomic mass is 79.9. The summed E-state index contributed by atoms with van der Waals surface area (Å²) in [6.45, 7) is 0.836. The minimum absolute atomic E-state index is 0.766. The van der Waals surface area contributed by atoms with Gasteiger partial charge in [0, 0.05) is 16.0 Å². The fourth-order valence-electron chi connectivity index (χ4n) is 1.79. The van der Waals surface area contributed by atoms with E-state index < -0.39 is 0 Å². The van der Waals surface area contributed by atoms with Crippen LogP contribution in [-0.2, 0) is 6.54 Å². The molecule has 3 heteroatoms. The van der Waals surface area contributed by atoms with E-state index in [0.29, 0.717) is 0 Å². The second-order valence-corrected chi connectivity index (χ2v) is 5.19. The average Bonchev–Trinajstić information content (AvgIpc) is 2.33. The van der Waals surface area contributed by atoms with E-state index in [1.165, 1.54) is 16.7 Å². The van der Waals surface area contributed by atoms with Crippen molar-refractivity contribution in [1.82, 2.24) is 5.32 Å². The zero-order chi connectivity index (χ0) is 12.3. The molecule has 88 valence electrons. The molecule has 1 N–H and O–H groups in total. The molecule has 2 aromatic carbocycles. The molecule has 0 amide bonds.